The third kappa shape index (κ3) is 4.72. The van der Waals surface area contributed by atoms with E-state index in [0.717, 1.165) is 11.3 Å². The molecule has 0 radical (unpaired) electrons. The number of nitrogens with one attached hydrogen (secondary N) is 1. The molecule has 0 aromatic rings. The van der Waals surface area contributed by atoms with Crippen molar-refractivity contribution in [3.05, 3.63) is 0 Å². The van der Waals surface area contributed by atoms with Crippen LogP contribution in [0.3, 0.4) is 0 Å². The third-order valence-corrected chi connectivity index (χ3v) is 5.48. The van der Waals surface area contributed by atoms with Gasteiger partial charge in [-0.2, -0.15) is 11.8 Å². The van der Waals surface area contributed by atoms with Crippen LogP contribution in [0.5, 0.6) is 0 Å². The molecule has 1 saturated carbocycles. The molecule has 18 heavy (non-hydrogen) atoms. The zero-order chi connectivity index (χ0) is 12.8. The van der Waals surface area contributed by atoms with Crippen molar-refractivity contribution in [3.8, 4) is 0 Å². The Balaban J connectivity index is 1.53. The number of likely N-dealkylation sites (N-methyl/N-ethyl adjacent to an activating group) is 1. The van der Waals surface area contributed by atoms with Gasteiger partial charge in [-0.05, 0) is 32.1 Å². The maximum atomic E-state index is 3.76. The number of hydrogen-bond acceptors (Lipinski definition) is 4. The van der Waals surface area contributed by atoms with Gasteiger partial charge in [-0.1, -0.05) is 6.92 Å². The minimum Gasteiger partial charge on any atom is -0.313 e. The Bertz CT molecular complexity index is 229. The average Bonchev–Trinajstić information content (AvgIpc) is 2.80. The number of hydrogen-bond donors (Lipinski definition) is 1. The fourth-order valence-electron chi connectivity index (χ4n) is 3.01. The van der Waals surface area contributed by atoms with E-state index in [0.29, 0.717) is 0 Å². The van der Waals surface area contributed by atoms with E-state index in [1.165, 1.54) is 64.3 Å². The molecule has 1 aliphatic carbocycles. The number of piperazine rings is 1. The molecule has 2 fully saturated rings. The Hall–Kier alpha value is 0.230. The van der Waals surface area contributed by atoms with Crippen LogP contribution in [0.25, 0.3) is 0 Å². The molecule has 1 aliphatic heterocycles. The fourth-order valence-corrected chi connectivity index (χ4v) is 4.15. The van der Waals surface area contributed by atoms with Gasteiger partial charge in [0.05, 0.1) is 0 Å². The molecular weight excluding hydrogens is 242 g/mol. The highest BCUT2D eigenvalue weighted by atomic mass is 32.2. The van der Waals surface area contributed by atoms with Gasteiger partial charge < -0.3 is 10.2 Å². The van der Waals surface area contributed by atoms with Gasteiger partial charge >= 0.3 is 0 Å². The van der Waals surface area contributed by atoms with Gasteiger partial charge in [-0.15, -0.1) is 0 Å². The molecule has 4 heteroatoms. The first-order valence-corrected chi connectivity index (χ1v) is 8.58. The van der Waals surface area contributed by atoms with E-state index in [-0.39, 0.29) is 0 Å². The minimum absolute atomic E-state index is 0.793. The lowest BCUT2D eigenvalue weighted by Gasteiger charge is -2.32. The molecule has 0 aromatic carbocycles. The Morgan fingerprint density at radius 2 is 1.94 bits per heavy atom. The van der Waals surface area contributed by atoms with Crippen LogP contribution in [0.2, 0.25) is 0 Å². The molecule has 2 rings (SSSR count). The quantitative estimate of drug-likeness (QED) is 0.789. The molecule has 2 aliphatic rings. The number of rotatable bonds is 6. The zero-order valence-corrected chi connectivity index (χ0v) is 12.8. The smallest absolute Gasteiger partial charge is 0.0110 e. The second-order valence-electron chi connectivity index (χ2n) is 5.69. The first kappa shape index (κ1) is 14.6. The van der Waals surface area contributed by atoms with E-state index in [1.807, 2.05) is 0 Å². The van der Waals surface area contributed by atoms with Crippen molar-refractivity contribution in [3.63, 3.8) is 0 Å². The molecular formula is C14H29N3S. The Kier molecular flexibility index (Phi) is 6.29. The van der Waals surface area contributed by atoms with Crippen LogP contribution < -0.4 is 5.32 Å². The van der Waals surface area contributed by atoms with Crippen LogP contribution in [0.1, 0.15) is 26.2 Å². The first-order chi connectivity index (χ1) is 8.78. The third-order valence-electron chi connectivity index (χ3n) is 4.24. The summed E-state index contributed by atoms with van der Waals surface area (Å²) >= 11 is 2.15. The molecule has 2 atom stereocenters. The maximum Gasteiger partial charge on any atom is 0.0110 e. The van der Waals surface area contributed by atoms with E-state index in [4.69, 9.17) is 0 Å². The molecule has 106 valence electrons. The molecule has 0 bridgehead atoms. The Morgan fingerprint density at radius 1 is 1.17 bits per heavy atom. The molecule has 1 heterocycles. The number of thioether (sulfide) groups is 1. The van der Waals surface area contributed by atoms with Crippen molar-refractivity contribution in [2.24, 2.45) is 0 Å². The highest BCUT2D eigenvalue weighted by Crippen LogP contribution is 2.29. The van der Waals surface area contributed by atoms with Gasteiger partial charge in [0.15, 0.2) is 0 Å². The van der Waals surface area contributed by atoms with E-state index >= 15 is 0 Å². The molecule has 1 N–H and O–H groups in total. The van der Waals surface area contributed by atoms with Crippen molar-refractivity contribution in [1.82, 2.24) is 15.1 Å². The standard InChI is InChI=1S/C14H29N3S/c1-3-18-14-5-4-13(12-14)15-6-7-17-10-8-16(2)9-11-17/h13-15H,3-12H2,1-2H3. The average molecular weight is 271 g/mol. The summed E-state index contributed by atoms with van der Waals surface area (Å²) < 4.78 is 0. The summed E-state index contributed by atoms with van der Waals surface area (Å²) in [5.41, 5.74) is 0. The lowest BCUT2D eigenvalue weighted by molar-refractivity contribution is 0.153. The zero-order valence-electron chi connectivity index (χ0n) is 12.0. The second kappa shape index (κ2) is 7.73. The topological polar surface area (TPSA) is 18.5 Å². The van der Waals surface area contributed by atoms with Gasteiger partial charge in [0, 0.05) is 50.6 Å². The molecule has 2 unspecified atom stereocenters. The summed E-state index contributed by atoms with van der Waals surface area (Å²) in [5, 5.41) is 4.69. The molecule has 3 nitrogen and oxygen atoms in total. The van der Waals surface area contributed by atoms with Crippen molar-refractivity contribution in [2.75, 3.05) is 52.1 Å². The molecule has 0 aromatic heterocycles. The largest absolute Gasteiger partial charge is 0.313 e. The fraction of sp³-hybridized carbons (Fsp3) is 1.00. The van der Waals surface area contributed by atoms with Gasteiger partial charge in [-0.25, -0.2) is 0 Å². The van der Waals surface area contributed by atoms with E-state index in [1.54, 1.807) is 0 Å². The van der Waals surface area contributed by atoms with Crippen molar-refractivity contribution in [1.29, 1.82) is 0 Å². The monoisotopic (exact) mass is 271 g/mol. The summed E-state index contributed by atoms with van der Waals surface area (Å²) in [6.45, 7) is 9.65. The highest BCUT2D eigenvalue weighted by Gasteiger charge is 2.24. The van der Waals surface area contributed by atoms with Crippen molar-refractivity contribution < 1.29 is 0 Å². The number of nitrogens with zero attached hydrogens (tertiary/aromatic N) is 2. The van der Waals surface area contributed by atoms with Crippen LogP contribution in [-0.2, 0) is 0 Å². The maximum absolute atomic E-state index is 3.76. The lowest BCUT2D eigenvalue weighted by atomic mass is 10.2. The Morgan fingerprint density at radius 3 is 2.67 bits per heavy atom. The summed E-state index contributed by atoms with van der Waals surface area (Å²) in [4.78, 5) is 5.02. The first-order valence-electron chi connectivity index (χ1n) is 7.54. The second-order valence-corrected chi connectivity index (χ2v) is 7.26. The van der Waals surface area contributed by atoms with Gasteiger partial charge in [0.1, 0.15) is 0 Å². The van der Waals surface area contributed by atoms with Gasteiger partial charge in [0.25, 0.3) is 0 Å². The SMILES string of the molecule is CCSC1CCC(NCCN2CCN(C)CC2)C1. The molecule has 0 amide bonds. The van der Waals surface area contributed by atoms with Crippen molar-refractivity contribution in [2.45, 2.75) is 37.5 Å². The van der Waals surface area contributed by atoms with Crippen molar-refractivity contribution >= 4 is 11.8 Å². The Labute approximate surface area is 117 Å². The summed E-state index contributed by atoms with van der Waals surface area (Å²) in [6.07, 6.45) is 4.20. The predicted molar refractivity (Wildman–Crippen MR) is 81.5 cm³/mol. The van der Waals surface area contributed by atoms with E-state index in [9.17, 15) is 0 Å². The van der Waals surface area contributed by atoms with Crippen LogP contribution >= 0.6 is 11.8 Å². The van der Waals surface area contributed by atoms with E-state index < -0.39 is 0 Å². The van der Waals surface area contributed by atoms with Gasteiger partial charge in [0.2, 0.25) is 0 Å². The lowest BCUT2D eigenvalue weighted by Crippen LogP contribution is -2.47. The van der Waals surface area contributed by atoms with Crippen LogP contribution in [-0.4, -0.2) is 73.2 Å². The molecule has 0 spiro atoms. The van der Waals surface area contributed by atoms with Crippen LogP contribution in [0.4, 0.5) is 0 Å². The highest BCUT2D eigenvalue weighted by molar-refractivity contribution is 7.99. The summed E-state index contributed by atoms with van der Waals surface area (Å²) in [5.74, 6) is 1.28. The normalized spacial score (nSPS) is 31.0. The van der Waals surface area contributed by atoms with Gasteiger partial charge in [-0.3, -0.25) is 4.90 Å². The minimum atomic E-state index is 0.793. The molecule has 1 saturated heterocycles. The van der Waals surface area contributed by atoms with E-state index in [2.05, 4.69) is 40.8 Å². The summed E-state index contributed by atoms with van der Waals surface area (Å²) in [7, 11) is 2.22. The van der Waals surface area contributed by atoms with Crippen LogP contribution in [0, 0.1) is 0 Å². The summed E-state index contributed by atoms with van der Waals surface area (Å²) in [6, 6.07) is 0.793. The van der Waals surface area contributed by atoms with Crippen LogP contribution in [0.15, 0.2) is 0 Å². The predicted octanol–water partition coefficient (Wildman–Crippen LogP) is 1.50.